The lowest BCUT2D eigenvalue weighted by Crippen LogP contribution is -2.43. The van der Waals surface area contributed by atoms with Crippen LogP contribution >= 0.6 is 0 Å². The Hall–Kier alpha value is -2.20. The summed E-state index contributed by atoms with van der Waals surface area (Å²) >= 11 is 0. The van der Waals surface area contributed by atoms with Crippen LogP contribution in [0.5, 0.6) is 0 Å². The third-order valence-corrected chi connectivity index (χ3v) is 3.58. The van der Waals surface area contributed by atoms with Crippen molar-refractivity contribution in [3.63, 3.8) is 0 Å². The maximum atomic E-state index is 12.6. The van der Waals surface area contributed by atoms with Crippen molar-refractivity contribution in [3.8, 4) is 0 Å². The Labute approximate surface area is 118 Å². The fourth-order valence-corrected chi connectivity index (χ4v) is 2.54. The number of pyridine rings is 1. The van der Waals surface area contributed by atoms with E-state index in [2.05, 4.69) is 4.98 Å². The predicted molar refractivity (Wildman–Crippen MR) is 76.9 cm³/mol. The number of ether oxygens (including phenoxy) is 1. The second kappa shape index (κ2) is 5.43. The molecular formula is C16H16N2O2. The van der Waals surface area contributed by atoms with Gasteiger partial charge in [0.25, 0.3) is 5.91 Å². The average molecular weight is 268 g/mol. The first-order chi connectivity index (χ1) is 9.79. The molecule has 0 fully saturated rings. The third-order valence-electron chi connectivity index (χ3n) is 3.58. The molecule has 1 unspecified atom stereocenters. The summed E-state index contributed by atoms with van der Waals surface area (Å²) in [5.74, 6) is -0.0835. The van der Waals surface area contributed by atoms with Crippen molar-refractivity contribution in [3.05, 3.63) is 59.9 Å². The van der Waals surface area contributed by atoms with Crippen molar-refractivity contribution in [2.24, 2.45) is 0 Å². The van der Waals surface area contributed by atoms with Gasteiger partial charge in [0.15, 0.2) is 0 Å². The van der Waals surface area contributed by atoms with Crippen LogP contribution in [0, 0.1) is 0 Å². The predicted octanol–water partition coefficient (Wildman–Crippen LogP) is 2.30. The lowest BCUT2D eigenvalue weighted by Gasteiger charge is -2.33. The van der Waals surface area contributed by atoms with Crippen LogP contribution in [0.3, 0.4) is 0 Å². The zero-order valence-corrected chi connectivity index (χ0v) is 11.3. The summed E-state index contributed by atoms with van der Waals surface area (Å²) in [5.41, 5.74) is 2.55. The van der Waals surface area contributed by atoms with E-state index in [1.807, 2.05) is 30.3 Å². The van der Waals surface area contributed by atoms with Gasteiger partial charge in [-0.1, -0.05) is 24.3 Å². The molecule has 0 N–H and O–H groups in total. The Kier molecular flexibility index (Phi) is 3.48. The first kappa shape index (κ1) is 12.8. The highest BCUT2D eigenvalue weighted by molar-refractivity contribution is 6.05. The van der Waals surface area contributed by atoms with Crippen molar-refractivity contribution in [1.82, 2.24) is 4.98 Å². The fraction of sp³-hybridized carbons (Fsp3) is 0.250. The highest BCUT2D eigenvalue weighted by Crippen LogP contribution is 2.28. The molecule has 0 saturated carbocycles. The van der Waals surface area contributed by atoms with Gasteiger partial charge in [-0.05, 0) is 23.8 Å². The molecule has 1 amide bonds. The highest BCUT2D eigenvalue weighted by atomic mass is 16.5. The van der Waals surface area contributed by atoms with Crippen LogP contribution in [-0.2, 0) is 11.2 Å². The molecule has 1 atom stereocenters. The molecular weight excluding hydrogens is 252 g/mol. The smallest absolute Gasteiger partial charge is 0.276 e. The topological polar surface area (TPSA) is 42.4 Å². The molecule has 0 radical (unpaired) electrons. The standard InChI is InChI=1S/C16H16N2O2/c1-20-13-10-12-6-2-3-8-15(12)18(11-13)16(19)14-7-4-5-9-17-14/h2-9,13H,10-11H2,1H3. The van der Waals surface area contributed by atoms with Gasteiger partial charge in [0, 0.05) is 25.4 Å². The first-order valence-electron chi connectivity index (χ1n) is 6.63. The molecule has 2 aromatic rings. The average Bonchev–Trinajstić information content (AvgIpc) is 2.54. The minimum absolute atomic E-state index is 0.0255. The number of aromatic nitrogens is 1. The molecule has 0 bridgehead atoms. The molecule has 102 valence electrons. The third kappa shape index (κ3) is 2.30. The van der Waals surface area contributed by atoms with Crippen molar-refractivity contribution in [1.29, 1.82) is 0 Å². The summed E-state index contributed by atoms with van der Waals surface area (Å²) < 4.78 is 5.45. The van der Waals surface area contributed by atoms with Gasteiger partial charge in [-0.15, -0.1) is 0 Å². The number of fused-ring (bicyclic) bond motifs is 1. The second-order valence-electron chi connectivity index (χ2n) is 4.82. The van der Waals surface area contributed by atoms with Crippen LogP contribution in [0.15, 0.2) is 48.7 Å². The Balaban J connectivity index is 1.98. The van der Waals surface area contributed by atoms with Gasteiger partial charge in [-0.2, -0.15) is 0 Å². The van der Waals surface area contributed by atoms with E-state index < -0.39 is 0 Å². The molecule has 4 heteroatoms. The number of rotatable bonds is 2. The molecule has 0 saturated heterocycles. The van der Waals surface area contributed by atoms with E-state index in [4.69, 9.17) is 4.74 Å². The Bertz CT molecular complexity index is 613. The van der Waals surface area contributed by atoms with Crippen molar-refractivity contribution in [2.75, 3.05) is 18.6 Å². The van der Waals surface area contributed by atoms with Gasteiger partial charge < -0.3 is 9.64 Å². The van der Waals surface area contributed by atoms with E-state index in [1.54, 1.807) is 30.3 Å². The number of para-hydroxylation sites is 1. The SMILES string of the molecule is COC1Cc2ccccc2N(C(=O)c2ccccn2)C1. The van der Waals surface area contributed by atoms with Gasteiger partial charge in [0.2, 0.25) is 0 Å². The number of methoxy groups -OCH3 is 1. The normalized spacial score (nSPS) is 17.6. The minimum Gasteiger partial charge on any atom is -0.379 e. The largest absolute Gasteiger partial charge is 0.379 e. The molecule has 3 rings (SSSR count). The van der Waals surface area contributed by atoms with Crippen LogP contribution < -0.4 is 4.90 Å². The summed E-state index contributed by atoms with van der Waals surface area (Å²) in [5, 5.41) is 0. The monoisotopic (exact) mass is 268 g/mol. The second-order valence-corrected chi connectivity index (χ2v) is 4.82. The van der Waals surface area contributed by atoms with Crippen molar-refractivity contribution >= 4 is 11.6 Å². The van der Waals surface area contributed by atoms with E-state index in [-0.39, 0.29) is 12.0 Å². The molecule has 1 aromatic heterocycles. The van der Waals surface area contributed by atoms with Crippen LogP contribution in [0.25, 0.3) is 0 Å². The molecule has 2 heterocycles. The number of hydrogen-bond donors (Lipinski definition) is 0. The van der Waals surface area contributed by atoms with E-state index in [0.29, 0.717) is 12.2 Å². The Morgan fingerprint density at radius 2 is 2.05 bits per heavy atom. The lowest BCUT2D eigenvalue weighted by molar-refractivity contribution is 0.0867. The molecule has 1 aliphatic heterocycles. The van der Waals surface area contributed by atoms with E-state index in [1.165, 1.54) is 0 Å². The summed E-state index contributed by atoms with van der Waals surface area (Å²) in [7, 11) is 1.68. The Morgan fingerprint density at radius 3 is 2.80 bits per heavy atom. The first-order valence-corrected chi connectivity index (χ1v) is 6.63. The van der Waals surface area contributed by atoms with E-state index >= 15 is 0 Å². The molecule has 1 aliphatic rings. The highest BCUT2D eigenvalue weighted by Gasteiger charge is 2.29. The summed E-state index contributed by atoms with van der Waals surface area (Å²) in [6.45, 7) is 0.558. The zero-order valence-electron chi connectivity index (χ0n) is 11.3. The van der Waals surface area contributed by atoms with Crippen molar-refractivity contribution in [2.45, 2.75) is 12.5 Å². The summed E-state index contributed by atoms with van der Waals surface area (Å²) in [6.07, 6.45) is 2.49. The van der Waals surface area contributed by atoms with E-state index in [9.17, 15) is 4.79 Å². The lowest BCUT2D eigenvalue weighted by atomic mass is 9.99. The summed E-state index contributed by atoms with van der Waals surface area (Å²) in [6, 6.07) is 13.3. The van der Waals surface area contributed by atoms with Gasteiger partial charge in [-0.3, -0.25) is 9.78 Å². The number of carbonyl (C=O) groups excluding carboxylic acids is 1. The number of benzene rings is 1. The van der Waals surface area contributed by atoms with Gasteiger partial charge in [0.1, 0.15) is 5.69 Å². The van der Waals surface area contributed by atoms with Crippen LogP contribution in [0.2, 0.25) is 0 Å². The number of carbonyl (C=O) groups is 1. The van der Waals surface area contributed by atoms with Crippen LogP contribution in [0.1, 0.15) is 16.1 Å². The molecule has 1 aromatic carbocycles. The Morgan fingerprint density at radius 1 is 1.25 bits per heavy atom. The van der Waals surface area contributed by atoms with Crippen LogP contribution in [-0.4, -0.2) is 30.6 Å². The minimum atomic E-state index is -0.0835. The van der Waals surface area contributed by atoms with Crippen LogP contribution in [0.4, 0.5) is 5.69 Å². The quantitative estimate of drug-likeness (QED) is 0.839. The molecule has 4 nitrogen and oxygen atoms in total. The summed E-state index contributed by atoms with van der Waals surface area (Å²) in [4.78, 5) is 18.5. The number of amides is 1. The number of anilines is 1. The maximum Gasteiger partial charge on any atom is 0.276 e. The van der Waals surface area contributed by atoms with Gasteiger partial charge >= 0.3 is 0 Å². The van der Waals surface area contributed by atoms with E-state index in [0.717, 1.165) is 17.7 Å². The van der Waals surface area contributed by atoms with Gasteiger partial charge in [0.05, 0.1) is 12.6 Å². The number of nitrogens with zero attached hydrogens (tertiary/aromatic N) is 2. The number of hydrogen-bond acceptors (Lipinski definition) is 3. The van der Waals surface area contributed by atoms with Crippen molar-refractivity contribution < 1.29 is 9.53 Å². The zero-order chi connectivity index (χ0) is 13.9. The van der Waals surface area contributed by atoms with Gasteiger partial charge in [-0.25, -0.2) is 0 Å². The maximum absolute atomic E-state index is 12.6. The fourth-order valence-electron chi connectivity index (χ4n) is 2.54. The molecule has 0 aliphatic carbocycles. The molecule has 20 heavy (non-hydrogen) atoms. The molecule has 0 spiro atoms.